The summed E-state index contributed by atoms with van der Waals surface area (Å²) in [7, 11) is 0. The molecule has 2 aromatic rings. The van der Waals surface area contributed by atoms with Gasteiger partial charge in [-0.2, -0.15) is 0 Å². The van der Waals surface area contributed by atoms with Gasteiger partial charge in [0.25, 0.3) is 5.91 Å². The van der Waals surface area contributed by atoms with Crippen molar-refractivity contribution in [3.8, 4) is 0 Å². The summed E-state index contributed by atoms with van der Waals surface area (Å²) in [6, 6.07) is 7.52. The van der Waals surface area contributed by atoms with Crippen LogP contribution in [0.2, 0.25) is 0 Å². The smallest absolute Gasteiger partial charge is 0.303 e. The predicted molar refractivity (Wildman–Crippen MR) is 75.5 cm³/mol. The molecule has 0 aliphatic rings. The number of nitrogens with zero attached hydrogens (tertiary/aromatic N) is 1. The normalized spacial score (nSPS) is 12.1. The molecule has 104 valence electrons. The summed E-state index contributed by atoms with van der Waals surface area (Å²) in [4.78, 5) is 26.8. The van der Waals surface area contributed by atoms with Gasteiger partial charge in [-0.1, -0.05) is 31.2 Å². The molecule has 0 saturated heterocycles. The molecule has 1 atom stereocenters. The molecule has 0 aliphatic heterocycles. The maximum Gasteiger partial charge on any atom is 0.303 e. The van der Waals surface area contributed by atoms with Crippen molar-refractivity contribution in [2.75, 3.05) is 6.54 Å². The maximum atomic E-state index is 12.2. The highest BCUT2D eigenvalue weighted by Gasteiger charge is 2.13. The van der Waals surface area contributed by atoms with E-state index < -0.39 is 5.97 Å². The zero-order valence-corrected chi connectivity index (χ0v) is 11.2. The Bertz CT molecular complexity index is 635. The number of aromatic nitrogens is 1. The van der Waals surface area contributed by atoms with Crippen molar-refractivity contribution >= 4 is 22.6 Å². The highest BCUT2D eigenvalue weighted by atomic mass is 16.4. The number of amides is 1. The van der Waals surface area contributed by atoms with Crippen LogP contribution in [0.5, 0.6) is 0 Å². The first kappa shape index (κ1) is 14.0. The third-order valence-corrected chi connectivity index (χ3v) is 3.05. The second kappa shape index (κ2) is 6.14. The standard InChI is InChI=1S/C15H16N2O3/c1-10(6-14(18)19)7-17-15(20)13-9-16-8-11-4-2-3-5-12(11)13/h2-5,8-10H,6-7H2,1H3,(H,17,20)(H,18,19). The maximum absolute atomic E-state index is 12.2. The van der Waals surface area contributed by atoms with Crippen LogP contribution in [0.4, 0.5) is 0 Å². The second-order valence-corrected chi connectivity index (χ2v) is 4.82. The number of hydrogen-bond acceptors (Lipinski definition) is 3. The predicted octanol–water partition coefficient (Wildman–Crippen LogP) is 2.08. The molecule has 1 heterocycles. The number of pyridine rings is 1. The number of carboxylic acids is 1. The quantitative estimate of drug-likeness (QED) is 0.873. The van der Waals surface area contributed by atoms with Crippen molar-refractivity contribution in [1.82, 2.24) is 10.3 Å². The molecule has 0 spiro atoms. The molecule has 1 aromatic carbocycles. The van der Waals surface area contributed by atoms with Crippen molar-refractivity contribution < 1.29 is 14.7 Å². The van der Waals surface area contributed by atoms with Crippen molar-refractivity contribution in [3.63, 3.8) is 0 Å². The van der Waals surface area contributed by atoms with Gasteiger partial charge >= 0.3 is 5.97 Å². The zero-order valence-electron chi connectivity index (χ0n) is 11.2. The number of benzene rings is 1. The van der Waals surface area contributed by atoms with Crippen molar-refractivity contribution in [2.45, 2.75) is 13.3 Å². The van der Waals surface area contributed by atoms with Crippen LogP contribution in [-0.2, 0) is 4.79 Å². The van der Waals surface area contributed by atoms with Crippen LogP contribution in [0, 0.1) is 5.92 Å². The Balaban J connectivity index is 2.10. The van der Waals surface area contributed by atoms with Crippen LogP contribution in [0.1, 0.15) is 23.7 Å². The molecule has 0 saturated carbocycles. The van der Waals surface area contributed by atoms with Gasteiger partial charge in [0.15, 0.2) is 0 Å². The summed E-state index contributed by atoms with van der Waals surface area (Å²) in [5.41, 5.74) is 0.505. The Morgan fingerprint density at radius 1 is 1.30 bits per heavy atom. The summed E-state index contributed by atoms with van der Waals surface area (Å²) in [5, 5.41) is 13.2. The summed E-state index contributed by atoms with van der Waals surface area (Å²) in [5.74, 6) is -1.20. The first-order valence-electron chi connectivity index (χ1n) is 6.40. The van der Waals surface area contributed by atoms with Crippen LogP contribution in [-0.4, -0.2) is 28.5 Å². The van der Waals surface area contributed by atoms with Gasteiger partial charge in [-0.3, -0.25) is 14.6 Å². The number of aliphatic carboxylic acids is 1. The highest BCUT2D eigenvalue weighted by molar-refractivity contribution is 6.06. The topological polar surface area (TPSA) is 79.3 Å². The Morgan fingerprint density at radius 3 is 2.80 bits per heavy atom. The Hall–Kier alpha value is -2.43. The molecule has 0 radical (unpaired) electrons. The lowest BCUT2D eigenvalue weighted by Crippen LogP contribution is -2.29. The number of nitrogens with one attached hydrogen (secondary N) is 1. The van der Waals surface area contributed by atoms with Gasteiger partial charge in [-0.05, 0) is 11.3 Å². The lowest BCUT2D eigenvalue weighted by Gasteiger charge is -2.11. The Morgan fingerprint density at radius 2 is 2.05 bits per heavy atom. The average molecular weight is 272 g/mol. The number of carbonyl (C=O) groups is 2. The lowest BCUT2D eigenvalue weighted by atomic mass is 10.1. The molecule has 1 aromatic heterocycles. The summed E-state index contributed by atoms with van der Waals surface area (Å²) < 4.78 is 0. The molecule has 2 N–H and O–H groups in total. The molecule has 5 nitrogen and oxygen atoms in total. The molecule has 1 unspecified atom stereocenters. The molecule has 0 bridgehead atoms. The van der Waals surface area contributed by atoms with Gasteiger partial charge in [0, 0.05) is 30.7 Å². The van der Waals surface area contributed by atoms with E-state index >= 15 is 0 Å². The highest BCUT2D eigenvalue weighted by Crippen LogP contribution is 2.16. The molecule has 20 heavy (non-hydrogen) atoms. The van der Waals surface area contributed by atoms with Crippen LogP contribution < -0.4 is 5.32 Å². The van der Waals surface area contributed by atoms with E-state index in [1.54, 1.807) is 13.1 Å². The number of fused-ring (bicyclic) bond motifs is 1. The van der Waals surface area contributed by atoms with Crippen LogP contribution >= 0.6 is 0 Å². The van der Waals surface area contributed by atoms with E-state index in [2.05, 4.69) is 10.3 Å². The van der Waals surface area contributed by atoms with Gasteiger partial charge in [0.1, 0.15) is 0 Å². The summed E-state index contributed by atoms with van der Waals surface area (Å²) in [6.45, 7) is 2.12. The molecule has 5 heteroatoms. The molecular weight excluding hydrogens is 256 g/mol. The first-order chi connectivity index (χ1) is 9.58. The number of rotatable bonds is 5. The molecule has 1 amide bonds. The van der Waals surface area contributed by atoms with Crippen molar-refractivity contribution in [2.24, 2.45) is 5.92 Å². The van der Waals surface area contributed by atoms with Gasteiger partial charge in [-0.25, -0.2) is 0 Å². The summed E-state index contributed by atoms with van der Waals surface area (Å²) >= 11 is 0. The van der Waals surface area contributed by atoms with Crippen LogP contribution in [0.25, 0.3) is 10.8 Å². The Kier molecular flexibility index (Phi) is 4.30. The third kappa shape index (κ3) is 3.32. The van der Waals surface area contributed by atoms with E-state index in [0.29, 0.717) is 12.1 Å². The second-order valence-electron chi connectivity index (χ2n) is 4.82. The lowest BCUT2D eigenvalue weighted by molar-refractivity contribution is -0.137. The van der Waals surface area contributed by atoms with E-state index in [1.165, 1.54) is 6.20 Å². The van der Waals surface area contributed by atoms with E-state index in [0.717, 1.165) is 10.8 Å². The van der Waals surface area contributed by atoms with Gasteiger partial charge in [0.2, 0.25) is 0 Å². The zero-order chi connectivity index (χ0) is 14.5. The minimum Gasteiger partial charge on any atom is -0.481 e. The molecule has 0 fully saturated rings. The van der Waals surface area contributed by atoms with Crippen LogP contribution in [0.3, 0.4) is 0 Å². The number of carboxylic acid groups (broad SMARTS) is 1. The molecule has 0 aliphatic carbocycles. The van der Waals surface area contributed by atoms with Crippen LogP contribution in [0.15, 0.2) is 36.7 Å². The van der Waals surface area contributed by atoms with E-state index in [1.807, 2.05) is 24.3 Å². The van der Waals surface area contributed by atoms with Crippen molar-refractivity contribution in [3.05, 3.63) is 42.2 Å². The number of hydrogen-bond donors (Lipinski definition) is 2. The van der Waals surface area contributed by atoms with E-state index in [-0.39, 0.29) is 18.2 Å². The first-order valence-corrected chi connectivity index (χ1v) is 6.40. The van der Waals surface area contributed by atoms with Gasteiger partial charge < -0.3 is 10.4 Å². The largest absolute Gasteiger partial charge is 0.481 e. The fourth-order valence-corrected chi connectivity index (χ4v) is 2.03. The van der Waals surface area contributed by atoms with Gasteiger partial charge in [-0.15, -0.1) is 0 Å². The van der Waals surface area contributed by atoms with E-state index in [4.69, 9.17) is 5.11 Å². The fraction of sp³-hybridized carbons (Fsp3) is 0.267. The molecule has 2 rings (SSSR count). The fourth-order valence-electron chi connectivity index (χ4n) is 2.03. The SMILES string of the molecule is CC(CNC(=O)c1cncc2ccccc12)CC(=O)O. The minimum atomic E-state index is -0.862. The molecular formula is C15H16N2O3. The monoisotopic (exact) mass is 272 g/mol. The van der Waals surface area contributed by atoms with Crippen molar-refractivity contribution in [1.29, 1.82) is 0 Å². The average Bonchev–Trinajstić information content (AvgIpc) is 2.43. The number of carbonyl (C=O) groups excluding carboxylic acids is 1. The minimum absolute atomic E-state index is 0.0358. The Labute approximate surface area is 116 Å². The van der Waals surface area contributed by atoms with Gasteiger partial charge in [0.05, 0.1) is 5.56 Å². The summed E-state index contributed by atoms with van der Waals surface area (Å²) in [6.07, 6.45) is 3.27. The third-order valence-electron chi connectivity index (χ3n) is 3.05. The van der Waals surface area contributed by atoms with E-state index in [9.17, 15) is 9.59 Å².